The lowest BCUT2D eigenvalue weighted by molar-refractivity contribution is -0.130. The lowest BCUT2D eigenvalue weighted by Gasteiger charge is -2.33. The Balaban J connectivity index is 2.25. The van der Waals surface area contributed by atoms with Gasteiger partial charge in [0.1, 0.15) is 5.75 Å². The van der Waals surface area contributed by atoms with Gasteiger partial charge in [-0.15, -0.1) is 6.58 Å². The van der Waals surface area contributed by atoms with E-state index in [-0.39, 0.29) is 0 Å². The standard InChI is InChI=1S/C29H31O6Si3/c1-8-10-23-13-14-24(25(18-23)31-7)32-29-20(4)12-16-27(22(29)6)38(35-37-34-36,33-28(30)9-2)26-15-11-19(3)17-21(26)5/h8-9,11-18H,1-2,10H2,3-7H3. The third-order valence-corrected chi connectivity index (χ3v) is 11.0. The van der Waals surface area contributed by atoms with Gasteiger partial charge >= 0.3 is 24.5 Å². The third kappa shape index (κ3) is 6.25. The molecule has 0 aliphatic rings. The summed E-state index contributed by atoms with van der Waals surface area (Å²) < 4.78 is 29.8. The quantitative estimate of drug-likeness (QED) is 0.186. The van der Waals surface area contributed by atoms with Gasteiger partial charge in [-0.25, -0.2) is 4.79 Å². The highest BCUT2D eigenvalue weighted by atomic mass is 28.4. The molecule has 0 N–H and O–H groups in total. The molecule has 0 bridgehead atoms. The summed E-state index contributed by atoms with van der Waals surface area (Å²) in [5.74, 6) is 1.21. The van der Waals surface area contributed by atoms with Gasteiger partial charge in [-0.2, -0.15) is 0 Å². The molecule has 0 aliphatic heterocycles. The fraction of sp³-hybridized carbons (Fsp3) is 0.207. The number of hydrogen-bond donors (Lipinski definition) is 0. The van der Waals surface area contributed by atoms with Crippen LogP contribution in [0, 0.1) is 27.7 Å². The minimum Gasteiger partial charge on any atom is -0.493 e. The number of ether oxygens (including phenoxy) is 2. The van der Waals surface area contributed by atoms with Crippen molar-refractivity contribution in [2.24, 2.45) is 0 Å². The Labute approximate surface area is 232 Å². The van der Waals surface area contributed by atoms with E-state index in [0.29, 0.717) is 17.2 Å². The Morgan fingerprint density at radius 3 is 2.34 bits per heavy atom. The minimum atomic E-state index is -3.66. The molecule has 6 nitrogen and oxygen atoms in total. The van der Waals surface area contributed by atoms with Gasteiger partial charge in [0.15, 0.2) is 11.5 Å². The molecule has 3 aromatic rings. The summed E-state index contributed by atoms with van der Waals surface area (Å²) in [7, 11) is 0.551. The van der Waals surface area contributed by atoms with Gasteiger partial charge in [0.2, 0.25) is 10.5 Å². The predicted octanol–water partition coefficient (Wildman–Crippen LogP) is 4.39. The van der Waals surface area contributed by atoms with E-state index in [4.69, 9.17) is 22.1 Å². The van der Waals surface area contributed by atoms with Gasteiger partial charge in [0.05, 0.1) is 7.11 Å². The summed E-state index contributed by atoms with van der Waals surface area (Å²) in [6.45, 7) is 15.3. The van der Waals surface area contributed by atoms with Crippen LogP contribution in [0.15, 0.2) is 73.8 Å². The first-order valence-corrected chi connectivity index (χ1v) is 15.0. The average molecular weight is 560 g/mol. The van der Waals surface area contributed by atoms with E-state index in [1.54, 1.807) is 7.11 Å². The topological polar surface area (TPSA) is 63.2 Å². The van der Waals surface area contributed by atoms with E-state index in [2.05, 4.69) is 23.6 Å². The monoisotopic (exact) mass is 559 g/mol. The van der Waals surface area contributed by atoms with Crippen molar-refractivity contribution in [1.29, 1.82) is 0 Å². The second-order valence-electron chi connectivity index (χ2n) is 8.81. The zero-order valence-electron chi connectivity index (χ0n) is 22.3. The summed E-state index contributed by atoms with van der Waals surface area (Å²) in [4.78, 5) is 12.7. The average Bonchev–Trinajstić information content (AvgIpc) is 2.89. The number of carbonyl (C=O) groups is 1. The molecule has 1 atom stereocenters. The van der Waals surface area contributed by atoms with E-state index in [0.717, 1.165) is 50.7 Å². The van der Waals surface area contributed by atoms with Crippen LogP contribution in [0.25, 0.3) is 0 Å². The van der Waals surface area contributed by atoms with Crippen molar-refractivity contribution in [1.82, 2.24) is 0 Å². The number of methoxy groups -OCH3 is 1. The number of benzene rings is 3. The molecule has 0 heterocycles. The maximum absolute atomic E-state index is 12.7. The molecule has 0 saturated carbocycles. The number of rotatable bonds is 12. The van der Waals surface area contributed by atoms with Crippen molar-refractivity contribution >= 4 is 45.4 Å². The maximum Gasteiger partial charge on any atom is 0.462 e. The maximum atomic E-state index is 12.7. The molecule has 9 heteroatoms. The molecule has 5 radical (unpaired) electrons. The summed E-state index contributed by atoms with van der Waals surface area (Å²) >= 11 is 0. The van der Waals surface area contributed by atoms with Crippen LogP contribution in [0.5, 0.6) is 17.2 Å². The first-order valence-electron chi connectivity index (χ1n) is 12.0. The molecule has 1 unspecified atom stereocenters. The first kappa shape index (κ1) is 29.3. The second-order valence-corrected chi connectivity index (χ2v) is 13.1. The van der Waals surface area contributed by atoms with Gasteiger partial charge in [-0.3, -0.25) is 0 Å². The van der Waals surface area contributed by atoms with E-state index in [1.807, 2.05) is 82.3 Å². The van der Waals surface area contributed by atoms with E-state index in [1.165, 1.54) is 0 Å². The van der Waals surface area contributed by atoms with Crippen LogP contribution < -0.4 is 19.8 Å². The van der Waals surface area contributed by atoms with Gasteiger partial charge in [0, 0.05) is 16.4 Å². The van der Waals surface area contributed by atoms with Crippen molar-refractivity contribution in [3.63, 3.8) is 0 Å². The van der Waals surface area contributed by atoms with Crippen LogP contribution in [0.3, 0.4) is 0 Å². The van der Waals surface area contributed by atoms with Crippen LogP contribution in [0.4, 0.5) is 0 Å². The van der Waals surface area contributed by atoms with E-state index < -0.39 is 24.5 Å². The molecule has 0 saturated heterocycles. The molecular formula is C29H31O6Si3. The molecule has 0 fully saturated rings. The lowest BCUT2D eigenvalue weighted by atomic mass is 10.1. The molecule has 195 valence electrons. The van der Waals surface area contributed by atoms with Gasteiger partial charge in [-0.1, -0.05) is 54.6 Å². The predicted molar refractivity (Wildman–Crippen MR) is 154 cm³/mol. The Morgan fingerprint density at radius 1 is 0.974 bits per heavy atom. The second kappa shape index (κ2) is 13.0. The minimum absolute atomic E-state index is 0.433. The van der Waals surface area contributed by atoms with Gasteiger partial charge in [0.25, 0.3) is 0 Å². The molecule has 3 rings (SSSR count). The van der Waals surface area contributed by atoms with Crippen LogP contribution in [-0.4, -0.2) is 42.1 Å². The van der Waals surface area contributed by atoms with E-state index >= 15 is 0 Å². The number of aryl methyl sites for hydroxylation is 3. The first-order chi connectivity index (χ1) is 18.2. The van der Waals surface area contributed by atoms with E-state index in [9.17, 15) is 4.79 Å². The number of carbonyl (C=O) groups excluding carboxylic acids is 1. The highest BCUT2D eigenvalue weighted by molar-refractivity contribution is 6.96. The van der Waals surface area contributed by atoms with Crippen molar-refractivity contribution in [2.45, 2.75) is 34.1 Å². The summed E-state index contributed by atoms with van der Waals surface area (Å²) in [5.41, 5.74) is 4.77. The summed E-state index contributed by atoms with van der Waals surface area (Å²) in [6.07, 6.45) is 3.70. The molecule has 0 aromatic heterocycles. The Morgan fingerprint density at radius 2 is 1.71 bits per heavy atom. The van der Waals surface area contributed by atoms with Crippen molar-refractivity contribution in [3.8, 4) is 17.2 Å². The zero-order chi connectivity index (χ0) is 27.9. The summed E-state index contributed by atoms with van der Waals surface area (Å²) in [6, 6.07) is 15.6. The Hall–Kier alpha value is -3.22. The Bertz CT molecular complexity index is 1340. The number of hydrogen-bond acceptors (Lipinski definition) is 6. The number of allylic oxidation sites excluding steroid dienone is 1. The van der Waals surface area contributed by atoms with Gasteiger partial charge in [-0.05, 0) is 68.5 Å². The molecule has 0 amide bonds. The fourth-order valence-electron chi connectivity index (χ4n) is 4.37. The molecule has 0 aliphatic carbocycles. The molecular weight excluding hydrogens is 529 g/mol. The van der Waals surface area contributed by atoms with Crippen molar-refractivity contribution in [3.05, 3.63) is 102 Å². The smallest absolute Gasteiger partial charge is 0.462 e. The van der Waals surface area contributed by atoms with Crippen LogP contribution in [0.2, 0.25) is 0 Å². The highest BCUT2D eigenvalue weighted by Gasteiger charge is 2.49. The van der Waals surface area contributed by atoms with Crippen molar-refractivity contribution in [2.75, 3.05) is 7.11 Å². The Kier molecular flexibility index (Phi) is 10.1. The normalized spacial score (nSPS) is 12.4. The largest absolute Gasteiger partial charge is 0.493 e. The van der Waals surface area contributed by atoms with Crippen LogP contribution in [-0.2, 0) is 23.9 Å². The van der Waals surface area contributed by atoms with Crippen LogP contribution >= 0.6 is 0 Å². The fourth-order valence-corrected chi connectivity index (χ4v) is 9.11. The summed E-state index contributed by atoms with van der Waals surface area (Å²) in [5, 5.41) is 1.51. The zero-order valence-corrected chi connectivity index (χ0v) is 25.3. The SMILES string of the molecule is C=CCc1ccc(Oc2c(C)ccc([Si](O[Si]O[Si])(OC(=O)C=C)c3ccc(C)cc3C)c2C)c(OC)c1. The molecule has 0 spiro atoms. The molecule has 38 heavy (non-hydrogen) atoms. The van der Waals surface area contributed by atoms with Gasteiger partial charge < -0.3 is 22.1 Å². The lowest BCUT2D eigenvalue weighted by Crippen LogP contribution is -2.66. The van der Waals surface area contributed by atoms with Crippen molar-refractivity contribution < 1.29 is 26.9 Å². The highest BCUT2D eigenvalue weighted by Crippen LogP contribution is 2.36. The molecule has 3 aromatic carbocycles. The third-order valence-electron chi connectivity index (χ3n) is 6.15. The van der Waals surface area contributed by atoms with Crippen LogP contribution in [0.1, 0.15) is 27.8 Å².